The Kier molecular flexibility index (Phi) is 4.81. The summed E-state index contributed by atoms with van der Waals surface area (Å²) >= 11 is 0. The largest absolute Gasteiger partial charge is 0.443 e. The van der Waals surface area contributed by atoms with Crippen LogP contribution in [0.2, 0.25) is 0 Å². The Morgan fingerprint density at radius 2 is 1.81 bits per heavy atom. The first kappa shape index (κ1) is 18.4. The van der Waals surface area contributed by atoms with Crippen LogP contribution in [0.15, 0.2) is 59.3 Å². The van der Waals surface area contributed by atoms with Crippen molar-refractivity contribution in [3.8, 4) is 11.3 Å². The number of rotatable bonds is 4. The van der Waals surface area contributed by atoms with Gasteiger partial charge >= 0.3 is 6.18 Å². The van der Waals surface area contributed by atoms with Gasteiger partial charge in [0.05, 0.1) is 5.56 Å². The maximum Gasteiger partial charge on any atom is 0.417 e. The van der Waals surface area contributed by atoms with E-state index in [1.807, 2.05) is 0 Å². The van der Waals surface area contributed by atoms with Crippen molar-refractivity contribution in [2.45, 2.75) is 13.1 Å². The molecule has 0 unspecified atom stereocenters. The van der Waals surface area contributed by atoms with Gasteiger partial charge in [0.1, 0.15) is 0 Å². The third-order valence-corrected chi connectivity index (χ3v) is 3.79. The summed E-state index contributed by atoms with van der Waals surface area (Å²) in [6.07, 6.45) is -3.71. The van der Waals surface area contributed by atoms with Crippen LogP contribution >= 0.6 is 0 Å². The Morgan fingerprint density at radius 3 is 2.52 bits per heavy atom. The fourth-order valence-electron chi connectivity index (χ4n) is 2.53. The number of alkyl halides is 3. The standard InChI is InChI=1S/C19H13F3N2O3/c1-11(25)12-5-4-6-13(9-12)24-18(26)16-17(27-10-23-16)14-7-2-3-8-15(14)19(20,21)22/h2-10H,1H3,(H,24,26). The van der Waals surface area contributed by atoms with E-state index in [-0.39, 0.29) is 22.8 Å². The number of carbonyl (C=O) groups excluding carboxylic acids is 2. The second-order valence-corrected chi connectivity index (χ2v) is 5.66. The molecule has 0 bridgehead atoms. The molecule has 1 aromatic heterocycles. The lowest BCUT2D eigenvalue weighted by molar-refractivity contribution is -0.137. The highest BCUT2D eigenvalue weighted by atomic mass is 19.4. The molecule has 0 aliphatic rings. The minimum absolute atomic E-state index is 0.188. The topological polar surface area (TPSA) is 72.2 Å². The molecule has 0 aliphatic carbocycles. The zero-order valence-electron chi connectivity index (χ0n) is 14.0. The van der Waals surface area contributed by atoms with E-state index in [9.17, 15) is 22.8 Å². The number of carbonyl (C=O) groups is 2. The molecule has 1 N–H and O–H groups in total. The minimum atomic E-state index is -4.62. The van der Waals surface area contributed by atoms with E-state index in [1.165, 1.54) is 31.2 Å². The SMILES string of the molecule is CC(=O)c1cccc(NC(=O)c2ncoc2-c2ccccc2C(F)(F)F)c1. The third-order valence-electron chi connectivity index (χ3n) is 3.79. The highest BCUT2D eigenvalue weighted by molar-refractivity contribution is 6.07. The number of oxazole rings is 1. The van der Waals surface area contributed by atoms with Crippen LogP contribution in [0.25, 0.3) is 11.3 Å². The van der Waals surface area contributed by atoms with E-state index in [2.05, 4.69) is 10.3 Å². The van der Waals surface area contributed by atoms with Gasteiger partial charge in [-0.1, -0.05) is 30.3 Å². The Morgan fingerprint density at radius 1 is 1.07 bits per heavy atom. The molecular formula is C19H13F3N2O3. The fraction of sp³-hybridized carbons (Fsp3) is 0.105. The van der Waals surface area contributed by atoms with Crippen molar-refractivity contribution < 1.29 is 27.2 Å². The van der Waals surface area contributed by atoms with Gasteiger partial charge < -0.3 is 9.73 Å². The first-order chi connectivity index (χ1) is 12.8. The summed E-state index contributed by atoms with van der Waals surface area (Å²) < 4.78 is 44.8. The number of aromatic nitrogens is 1. The molecule has 5 nitrogen and oxygen atoms in total. The van der Waals surface area contributed by atoms with Gasteiger partial charge in [0.2, 0.25) is 0 Å². The molecule has 3 aromatic rings. The average molecular weight is 374 g/mol. The van der Waals surface area contributed by atoms with Gasteiger partial charge in [-0.15, -0.1) is 0 Å². The van der Waals surface area contributed by atoms with Gasteiger partial charge in [0.15, 0.2) is 23.6 Å². The van der Waals surface area contributed by atoms with Gasteiger partial charge in [-0.2, -0.15) is 13.2 Å². The summed E-state index contributed by atoms with van der Waals surface area (Å²) in [4.78, 5) is 27.7. The zero-order chi connectivity index (χ0) is 19.6. The van der Waals surface area contributed by atoms with Crippen molar-refractivity contribution in [1.29, 1.82) is 0 Å². The molecule has 0 atom stereocenters. The van der Waals surface area contributed by atoms with Crippen molar-refractivity contribution in [2.24, 2.45) is 0 Å². The second kappa shape index (κ2) is 7.06. The number of ketones is 1. The fourth-order valence-corrected chi connectivity index (χ4v) is 2.53. The van der Waals surface area contributed by atoms with Gasteiger partial charge in [-0.25, -0.2) is 4.98 Å². The van der Waals surface area contributed by atoms with Crippen LogP contribution in [0, 0.1) is 0 Å². The number of amides is 1. The molecule has 0 radical (unpaired) electrons. The van der Waals surface area contributed by atoms with Crippen molar-refractivity contribution in [3.63, 3.8) is 0 Å². The van der Waals surface area contributed by atoms with E-state index in [1.54, 1.807) is 18.2 Å². The molecule has 0 aliphatic heterocycles. The zero-order valence-corrected chi connectivity index (χ0v) is 14.0. The lowest BCUT2D eigenvalue weighted by atomic mass is 10.0. The summed E-state index contributed by atoms with van der Waals surface area (Å²) in [6.45, 7) is 1.38. The normalized spacial score (nSPS) is 11.3. The van der Waals surface area contributed by atoms with Crippen LogP contribution in [0.1, 0.15) is 33.3 Å². The number of nitrogens with one attached hydrogen (secondary N) is 1. The minimum Gasteiger partial charge on any atom is -0.443 e. The summed E-state index contributed by atoms with van der Waals surface area (Å²) in [5.74, 6) is -1.23. The van der Waals surface area contributed by atoms with Crippen molar-refractivity contribution in [3.05, 3.63) is 71.7 Å². The highest BCUT2D eigenvalue weighted by Crippen LogP contribution is 2.38. The van der Waals surface area contributed by atoms with Crippen molar-refractivity contribution in [2.75, 3.05) is 5.32 Å². The number of hydrogen-bond acceptors (Lipinski definition) is 4. The van der Waals surface area contributed by atoms with Crippen LogP contribution in [0.4, 0.5) is 18.9 Å². The Bertz CT molecular complexity index is 1010. The molecule has 27 heavy (non-hydrogen) atoms. The van der Waals surface area contributed by atoms with Gasteiger partial charge in [-0.3, -0.25) is 9.59 Å². The molecule has 138 valence electrons. The van der Waals surface area contributed by atoms with Crippen LogP contribution in [0.5, 0.6) is 0 Å². The number of Topliss-reactive ketones (excluding diaryl/α,β-unsaturated/α-hetero) is 1. The van der Waals surface area contributed by atoms with E-state index < -0.39 is 17.6 Å². The van der Waals surface area contributed by atoms with Crippen LogP contribution < -0.4 is 5.32 Å². The molecule has 8 heteroatoms. The molecular weight excluding hydrogens is 361 g/mol. The maximum absolute atomic E-state index is 13.2. The first-order valence-corrected chi connectivity index (χ1v) is 7.80. The van der Waals surface area contributed by atoms with E-state index in [0.29, 0.717) is 11.3 Å². The third kappa shape index (κ3) is 3.89. The molecule has 0 saturated carbocycles. The quantitative estimate of drug-likeness (QED) is 0.665. The second-order valence-electron chi connectivity index (χ2n) is 5.66. The predicted molar refractivity (Wildman–Crippen MR) is 91.3 cm³/mol. The number of nitrogens with zero attached hydrogens (tertiary/aromatic N) is 1. The van der Waals surface area contributed by atoms with E-state index >= 15 is 0 Å². The van der Waals surface area contributed by atoms with Gasteiger partial charge in [0.25, 0.3) is 5.91 Å². The number of hydrogen-bond donors (Lipinski definition) is 1. The Hall–Kier alpha value is -3.42. The molecule has 0 spiro atoms. The Labute approximate surface area is 151 Å². The van der Waals surface area contributed by atoms with Gasteiger partial charge in [0, 0.05) is 16.8 Å². The maximum atomic E-state index is 13.2. The monoisotopic (exact) mass is 374 g/mol. The first-order valence-electron chi connectivity index (χ1n) is 7.80. The molecule has 0 saturated heterocycles. The van der Waals surface area contributed by atoms with Gasteiger partial charge in [-0.05, 0) is 25.1 Å². The number of anilines is 1. The van der Waals surface area contributed by atoms with Crippen LogP contribution in [0.3, 0.4) is 0 Å². The lowest BCUT2D eigenvalue weighted by Crippen LogP contribution is -2.14. The highest BCUT2D eigenvalue weighted by Gasteiger charge is 2.35. The number of benzene rings is 2. The summed E-state index contributed by atoms with van der Waals surface area (Å²) in [6, 6.07) is 10.9. The molecule has 0 fully saturated rings. The lowest BCUT2D eigenvalue weighted by Gasteiger charge is -2.11. The predicted octanol–water partition coefficient (Wildman–Crippen LogP) is 4.82. The summed E-state index contributed by atoms with van der Waals surface area (Å²) in [5, 5.41) is 2.51. The molecule has 2 aromatic carbocycles. The average Bonchev–Trinajstić information content (AvgIpc) is 3.11. The summed E-state index contributed by atoms with van der Waals surface area (Å²) in [5.41, 5.74) is -0.819. The van der Waals surface area contributed by atoms with Crippen molar-refractivity contribution in [1.82, 2.24) is 4.98 Å². The smallest absolute Gasteiger partial charge is 0.417 e. The Balaban J connectivity index is 1.96. The van der Waals surface area contributed by atoms with E-state index in [4.69, 9.17) is 4.42 Å². The summed E-state index contributed by atoms with van der Waals surface area (Å²) in [7, 11) is 0. The number of halogens is 3. The molecule has 1 amide bonds. The molecule has 3 rings (SSSR count). The van der Waals surface area contributed by atoms with Crippen LogP contribution in [-0.4, -0.2) is 16.7 Å². The molecule has 1 heterocycles. The van der Waals surface area contributed by atoms with Crippen molar-refractivity contribution >= 4 is 17.4 Å². The van der Waals surface area contributed by atoms with Crippen LogP contribution in [-0.2, 0) is 6.18 Å². The van der Waals surface area contributed by atoms with E-state index in [0.717, 1.165) is 12.5 Å².